The molecule has 0 bridgehead atoms. The normalized spacial score (nSPS) is 22.4. The molecule has 0 radical (unpaired) electrons. The zero-order chi connectivity index (χ0) is 14.1. The summed E-state index contributed by atoms with van der Waals surface area (Å²) >= 11 is 3.67. The minimum atomic E-state index is 0.201. The van der Waals surface area contributed by atoms with Crippen molar-refractivity contribution in [2.75, 3.05) is 6.54 Å². The highest BCUT2D eigenvalue weighted by atomic mass is 32.1. The second-order valence-electron chi connectivity index (χ2n) is 5.54. The fourth-order valence-electron chi connectivity index (χ4n) is 3.26. The molecular formula is C16H22N2S2. The molecule has 2 N–H and O–H groups in total. The number of rotatable bonds is 4. The van der Waals surface area contributed by atoms with Gasteiger partial charge in [-0.1, -0.05) is 6.92 Å². The summed E-state index contributed by atoms with van der Waals surface area (Å²) in [4.78, 5) is 4.16. The van der Waals surface area contributed by atoms with Gasteiger partial charge < -0.3 is 5.73 Å². The quantitative estimate of drug-likeness (QED) is 0.917. The van der Waals surface area contributed by atoms with Crippen LogP contribution in [0.15, 0.2) is 28.3 Å². The van der Waals surface area contributed by atoms with Crippen molar-refractivity contribution >= 4 is 22.7 Å². The third kappa shape index (κ3) is 2.46. The van der Waals surface area contributed by atoms with Gasteiger partial charge in [0, 0.05) is 23.5 Å². The molecule has 1 aliphatic heterocycles. The molecule has 3 unspecified atom stereocenters. The number of nitrogens with zero attached hydrogens (tertiary/aromatic N) is 1. The summed E-state index contributed by atoms with van der Waals surface area (Å²) in [5, 5.41) is 6.65. The van der Waals surface area contributed by atoms with Crippen LogP contribution in [0.5, 0.6) is 0 Å². The van der Waals surface area contributed by atoms with Crippen molar-refractivity contribution in [1.82, 2.24) is 4.90 Å². The van der Waals surface area contributed by atoms with E-state index >= 15 is 0 Å². The maximum absolute atomic E-state index is 6.46. The lowest BCUT2D eigenvalue weighted by Gasteiger charge is -2.42. The van der Waals surface area contributed by atoms with Gasteiger partial charge in [0.25, 0.3) is 0 Å². The maximum Gasteiger partial charge on any atom is 0.0513 e. The second-order valence-corrected chi connectivity index (χ2v) is 7.32. The zero-order valence-electron chi connectivity index (χ0n) is 12.1. The molecule has 2 aromatic rings. The molecular weight excluding hydrogens is 284 g/mol. The van der Waals surface area contributed by atoms with Crippen molar-refractivity contribution in [3.8, 4) is 0 Å². The SMILES string of the molecule is CCC(N)C(c1ccsc1)N1CCc2sccc2C1C. The second kappa shape index (κ2) is 5.98. The average molecular weight is 306 g/mol. The minimum Gasteiger partial charge on any atom is -0.326 e. The van der Waals surface area contributed by atoms with Crippen LogP contribution in [0.4, 0.5) is 0 Å². The predicted octanol–water partition coefficient (Wildman–Crippen LogP) is 4.21. The van der Waals surface area contributed by atoms with Crippen LogP contribution in [-0.4, -0.2) is 17.5 Å². The summed E-state index contributed by atoms with van der Waals surface area (Å²) in [6, 6.07) is 5.54. The Hall–Kier alpha value is -0.680. The van der Waals surface area contributed by atoms with E-state index in [1.165, 1.54) is 11.1 Å². The Balaban J connectivity index is 1.93. The lowest BCUT2D eigenvalue weighted by Crippen LogP contribution is -2.44. The average Bonchev–Trinajstić information content (AvgIpc) is 3.12. The molecule has 0 spiro atoms. The van der Waals surface area contributed by atoms with E-state index in [9.17, 15) is 0 Å². The van der Waals surface area contributed by atoms with E-state index in [1.807, 2.05) is 11.3 Å². The van der Waals surface area contributed by atoms with E-state index in [2.05, 4.69) is 47.0 Å². The molecule has 0 saturated heterocycles. The minimum absolute atomic E-state index is 0.201. The van der Waals surface area contributed by atoms with Crippen molar-refractivity contribution in [1.29, 1.82) is 0 Å². The van der Waals surface area contributed by atoms with Crippen LogP contribution in [0, 0.1) is 0 Å². The third-order valence-corrected chi connectivity index (χ3v) is 6.14. The molecule has 108 valence electrons. The Labute approximate surface area is 129 Å². The first-order valence-electron chi connectivity index (χ1n) is 7.32. The van der Waals surface area contributed by atoms with Gasteiger partial charge in [-0.25, -0.2) is 0 Å². The number of hydrogen-bond acceptors (Lipinski definition) is 4. The van der Waals surface area contributed by atoms with Gasteiger partial charge in [-0.3, -0.25) is 4.90 Å². The molecule has 0 aromatic carbocycles. The molecule has 0 saturated carbocycles. The fourth-order valence-corrected chi connectivity index (χ4v) is 4.91. The highest BCUT2D eigenvalue weighted by Crippen LogP contribution is 2.39. The van der Waals surface area contributed by atoms with Gasteiger partial charge in [-0.15, -0.1) is 11.3 Å². The van der Waals surface area contributed by atoms with Crippen molar-refractivity contribution in [3.05, 3.63) is 44.3 Å². The Morgan fingerprint density at radius 2 is 2.25 bits per heavy atom. The molecule has 3 atom stereocenters. The van der Waals surface area contributed by atoms with E-state index in [-0.39, 0.29) is 6.04 Å². The summed E-state index contributed by atoms with van der Waals surface area (Å²) in [6.45, 7) is 5.63. The van der Waals surface area contributed by atoms with E-state index in [4.69, 9.17) is 5.73 Å². The smallest absolute Gasteiger partial charge is 0.0513 e. The van der Waals surface area contributed by atoms with Crippen LogP contribution in [0.1, 0.15) is 48.4 Å². The van der Waals surface area contributed by atoms with Gasteiger partial charge in [-0.2, -0.15) is 11.3 Å². The monoisotopic (exact) mass is 306 g/mol. The Morgan fingerprint density at radius 1 is 1.40 bits per heavy atom. The highest BCUT2D eigenvalue weighted by Gasteiger charge is 2.33. The summed E-state index contributed by atoms with van der Waals surface area (Å²) in [5.74, 6) is 0. The number of hydrogen-bond donors (Lipinski definition) is 1. The standard InChI is InChI=1S/C16H22N2S2/c1-3-14(17)16(12-5-8-19-10-12)18-7-4-15-13(11(18)2)6-9-20-15/h5-6,8-11,14,16H,3-4,7,17H2,1-2H3. The van der Waals surface area contributed by atoms with E-state index in [0.717, 1.165) is 19.4 Å². The van der Waals surface area contributed by atoms with Gasteiger partial charge in [0.1, 0.15) is 0 Å². The van der Waals surface area contributed by atoms with Crippen LogP contribution in [-0.2, 0) is 6.42 Å². The molecule has 1 aliphatic rings. The Morgan fingerprint density at radius 3 is 2.95 bits per heavy atom. The first kappa shape index (κ1) is 14.3. The van der Waals surface area contributed by atoms with Gasteiger partial charge in [0.2, 0.25) is 0 Å². The van der Waals surface area contributed by atoms with Gasteiger partial charge in [-0.05, 0) is 59.2 Å². The molecule has 3 heterocycles. The molecule has 0 fully saturated rings. The zero-order valence-corrected chi connectivity index (χ0v) is 13.7. The largest absolute Gasteiger partial charge is 0.326 e. The van der Waals surface area contributed by atoms with Crippen molar-refractivity contribution < 1.29 is 0 Å². The van der Waals surface area contributed by atoms with Crippen LogP contribution < -0.4 is 5.73 Å². The van der Waals surface area contributed by atoms with Gasteiger partial charge in [0.15, 0.2) is 0 Å². The third-order valence-electron chi connectivity index (χ3n) is 4.44. The summed E-state index contributed by atoms with van der Waals surface area (Å²) in [5.41, 5.74) is 9.35. The van der Waals surface area contributed by atoms with Crippen molar-refractivity contribution in [2.24, 2.45) is 5.73 Å². The highest BCUT2D eigenvalue weighted by molar-refractivity contribution is 7.10. The van der Waals surface area contributed by atoms with E-state index < -0.39 is 0 Å². The first-order chi connectivity index (χ1) is 9.72. The van der Waals surface area contributed by atoms with Gasteiger partial charge in [0.05, 0.1) is 6.04 Å². The van der Waals surface area contributed by atoms with Crippen LogP contribution in [0.2, 0.25) is 0 Å². The first-order valence-corrected chi connectivity index (χ1v) is 9.14. The number of thiophene rings is 2. The van der Waals surface area contributed by atoms with E-state index in [1.54, 1.807) is 16.2 Å². The van der Waals surface area contributed by atoms with Crippen LogP contribution in [0.25, 0.3) is 0 Å². The predicted molar refractivity (Wildman–Crippen MR) is 88.5 cm³/mol. The number of nitrogens with two attached hydrogens (primary N) is 1. The topological polar surface area (TPSA) is 29.3 Å². The summed E-state index contributed by atoms with van der Waals surface area (Å²) in [7, 11) is 0. The number of fused-ring (bicyclic) bond motifs is 1. The lowest BCUT2D eigenvalue weighted by molar-refractivity contribution is 0.114. The lowest BCUT2D eigenvalue weighted by atomic mass is 9.92. The van der Waals surface area contributed by atoms with Crippen molar-refractivity contribution in [3.63, 3.8) is 0 Å². The fraction of sp³-hybridized carbons (Fsp3) is 0.500. The molecule has 2 aromatic heterocycles. The maximum atomic E-state index is 6.46. The van der Waals surface area contributed by atoms with Crippen molar-refractivity contribution in [2.45, 2.75) is 44.8 Å². The van der Waals surface area contributed by atoms with E-state index in [0.29, 0.717) is 12.1 Å². The van der Waals surface area contributed by atoms with Gasteiger partial charge >= 0.3 is 0 Å². The molecule has 3 rings (SSSR count). The Bertz CT molecular complexity index is 547. The van der Waals surface area contributed by atoms with Crippen LogP contribution >= 0.6 is 22.7 Å². The molecule has 2 nitrogen and oxygen atoms in total. The Kier molecular flexibility index (Phi) is 4.26. The summed E-state index contributed by atoms with van der Waals surface area (Å²) in [6.07, 6.45) is 2.18. The van der Waals surface area contributed by atoms with Crippen LogP contribution in [0.3, 0.4) is 0 Å². The molecule has 4 heteroatoms. The molecule has 0 aliphatic carbocycles. The summed E-state index contributed by atoms with van der Waals surface area (Å²) < 4.78 is 0. The molecule has 20 heavy (non-hydrogen) atoms. The molecule has 0 amide bonds.